The third-order valence-electron chi connectivity index (χ3n) is 3.03. The number of hydrogen-bond donors (Lipinski definition) is 1. The predicted molar refractivity (Wildman–Crippen MR) is 67.8 cm³/mol. The van der Waals surface area contributed by atoms with Crippen LogP contribution in [0, 0.1) is 11.7 Å². The van der Waals surface area contributed by atoms with Gasteiger partial charge >= 0.3 is 0 Å². The van der Waals surface area contributed by atoms with Gasteiger partial charge in [0.05, 0.1) is 5.56 Å². The second-order valence-electron chi connectivity index (χ2n) is 4.27. The van der Waals surface area contributed by atoms with E-state index in [-0.39, 0.29) is 11.6 Å². The quantitative estimate of drug-likeness (QED) is 0.877. The average molecular weight is 258 g/mol. The van der Waals surface area contributed by atoms with E-state index in [0.717, 1.165) is 6.42 Å². The van der Waals surface area contributed by atoms with Crippen molar-refractivity contribution in [1.29, 1.82) is 0 Å². The van der Waals surface area contributed by atoms with E-state index in [0.29, 0.717) is 10.9 Å². The molecule has 0 aromatic heterocycles. The Hall–Kier alpha value is -1.09. The van der Waals surface area contributed by atoms with E-state index in [1.165, 1.54) is 18.2 Å². The zero-order valence-corrected chi connectivity index (χ0v) is 11.0. The molecule has 0 heterocycles. The fourth-order valence-corrected chi connectivity index (χ4v) is 1.62. The van der Waals surface area contributed by atoms with Crippen LogP contribution in [0.2, 0.25) is 5.02 Å². The highest BCUT2D eigenvalue weighted by molar-refractivity contribution is 6.31. The van der Waals surface area contributed by atoms with Crippen molar-refractivity contribution in [3.63, 3.8) is 0 Å². The van der Waals surface area contributed by atoms with Gasteiger partial charge in [0.15, 0.2) is 0 Å². The smallest absolute Gasteiger partial charge is 0.254 e. The van der Waals surface area contributed by atoms with Crippen LogP contribution >= 0.6 is 11.6 Å². The highest BCUT2D eigenvalue weighted by Crippen LogP contribution is 2.15. The molecule has 1 aromatic rings. The van der Waals surface area contributed by atoms with Crippen LogP contribution in [0.5, 0.6) is 0 Å². The lowest BCUT2D eigenvalue weighted by Gasteiger charge is -2.20. The maximum Gasteiger partial charge on any atom is 0.254 e. The molecule has 4 heteroatoms. The zero-order chi connectivity index (χ0) is 13.0. The van der Waals surface area contributed by atoms with Gasteiger partial charge in [-0.25, -0.2) is 4.39 Å². The van der Waals surface area contributed by atoms with Crippen molar-refractivity contribution >= 4 is 17.5 Å². The van der Waals surface area contributed by atoms with Crippen molar-refractivity contribution in [2.75, 3.05) is 0 Å². The number of benzene rings is 1. The first-order valence-corrected chi connectivity index (χ1v) is 6.09. The number of carbonyl (C=O) groups excluding carboxylic acids is 1. The number of amides is 1. The summed E-state index contributed by atoms with van der Waals surface area (Å²) < 4.78 is 13.4. The zero-order valence-electron chi connectivity index (χ0n) is 10.3. The van der Waals surface area contributed by atoms with Crippen molar-refractivity contribution in [3.8, 4) is 0 Å². The van der Waals surface area contributed by atoms with Gasteiger partial charge in [0.1, 0.15) is 5.82 Å². The molecule has 1 amide bonds. The number of carbonyl (C=O) groups is 1. The van der Waals surface area contributed by atoms with Crippen molar-refractivity contribution in [2.45, 2.75) is 33.2 Å². The Labute approximate surface area is 106 Å². The van der Waals surface area contributed by atoms with E-state index in [1.807, 2.05) is 20.8 Å². The van der Waals surface area contributed by atoms with E-state index in [1.54, 1.807) is 0 Å². The lowest BCUT2D eigenvalue weighted by Crippen LogP contribution is -2.37. The molecular weight excluding hydrogens is 241 g/mol. The SMILES string of the molecule is CCC(C)C(C)NC(=O)c1cc(Cl)ccc1F. The summed E-state index contributed by atoms with van der Waals surface area (Å²) in [6.45, 7) is 6.00. The molecule has 0 bridgehead atoms. The predicted octanol–water partition coefficient (Wildman–Crippen LogP) is 3.64. The van der Waals surface area contributed by atoms with Crippen LogP contribution in [0.3, 0.4) is 0 Å². The number of nitrogens with one attached hydrogen (secondary N) is 1. The van der Waals surface area contributed by atoms with E-state index in [9.17, 15) is 9.18 Å². The van der Waals surface area contributed by atoms with Gasteiger partial charge in [-0.1, -0.05) is 31.9 Å². The fourth-order valence-electron chi connectivity index (χ4n) is 1.45. The van der Waals surface area contributed by atoms with Gasteiger partial charge in [0.2, 0.25) is 0 Å². The van der Waals surface area contributed by atoms with Crippen molar-refractivity contribution in [2.24, 2.45) is 5.92 Å². The van der Waals surface area contributed by atoms with Crippen LogP contribution in [0.1, 0.15) is 37.6 Å². The summed E-state index contributed by atoms with van der Waals surface area (Å²) >= 11 is 5.74. The molecule has 0 aliphatic heterocycles. The lowest BCUT2D eigenvalue weighted by molar-refractivity contribution is 0.0924. The van der Waals surface area contributed by atoms with E-state index >= 15 is 0 Å². The highest BCUT2D eigenvalue weighted by atomic mass is 35.5. The maximum atomic E-state index is 13.4. The molecule has 0 spiro atoms. The summed E-state index contributed by atoms with van der Waals surface area (Å²) in [4.78, 5) is 11.8. The van der Waals surface area contributed by atoms with Gasteiger partial charge in [-0.3, -0.25) is 4.79 Å². The molecule has 0 saturated heterocycles. The van der Waals surface area contributed by atoms with E-state index in [2.05, 4.69) is 5.32 Å². The molecule has 0 aliphatic carbocycles. The molecule has 2 unspecified atom stereocenters. The van der Waals surface area contributed by atoms with Gasteiger partial charge in [0.25, 0.3) is 5.91 Å². The highest BCUT2D eigenvalue weighted by Gasteiger charge is 2.17. The number of rotatable bonds is 4. The van der Waals surface area contributed by atoms with E-state index < -0.39 is 11.7 Å². The minimum absolute atomic E-state index is 0.00545. The largest absolute Gasteiger partial charge is 0.349 e. The first kappa shape index (κ1) is 14.0. The van der Waals surface area contributed by atoms with Crippen molar-refractivity contribution in [3.05, 3.63) is 34.6 Å². The van der Waals surface area contributed by atoms with Crippen molar-refractivity contribution in [1.82, 2.24) is 5.32 Å². The minimum atomic E-state index is -0.553. The van der Waals surface area contributed by atoms with Crippen molar-refractivity contribution < 1.29 is 9.18 Å². The van der Waals surface area contributed by atoms with Gasteiger partial charge < -0.3 is 5.32 Å². The minimum Gasteiger partial charge on any atom is -0.349 e. The maximum absolute atomic E-state index is 13.4. The Kier molecular flexibility index (Phi) is 4.94. The fraction of sp³-hybridized carbons (Fsp3) is 0.462. The summed E-state index contributed by atoms with van der Waals surface area (Å²) in [6.07, 6.45) is 0.958. The van der Waals surface area contributed by atoms with Crippen LogP contribution in [0.15, 0.2) is 18.2 Å². The normalized spacial score (nSPS) is 14.2. The first-order valence-electron chi connectivity index (χ1n) is 5.71. The molecule has 0 saturated carbocycles. The van der Waals surface area contributed by atoms with Gasteiger partial charge in [-0.05, 0) is 31.0 Å². The molecule has 1 aromatic carbocycles. The third-order valence-corrected chi connectivity index (χ3v) is 3.26. The molecule has 0 fully saturated rings. The second-order valence-corrected chi connectivity index (χ2v) is 4.71. The van der Waals surface area contributed by atoms with Gasteiger partial charge in [-0.15, -0.1) is 0 Å². The Morgan fingerprint density at radius 2 is 2.12 bits per heavy atom. The standard InChI is InChI=1S/C13H17ClFNO/c1-4-8(2)9(3)16-13(17)11-7-10(14)5-6-12(11)15/h5-9H,4H2,1-3H3,(H,16,17). The topological polar surface area (TPSA) is 29.1 Å². The van der Waals surface area contributed by atoms with Gasteiger partial charge in [0, 0.05) is 11.1 Å². The van der Waals surface area contributed by atoms with Gasteiger partial charge in [-0.2, -0.15) is 0 Å². The Morgan fingerprint density at radius 3 is 2.71 bits per heavy atom. The summed E-state index contributed by atoms with van der Waals surface area (Å²) in [5.74, 6) is -0.623. The summed E-state index contributed by atoms with van der Waals surface area (Å²) in [7, 11) is 0. The lowest BCUT2D eigenvalue weighted by atomic mass is 10.0. The molecule has 1 N–H and O–H groups in total. The monoisotopic (exact) mass is 257 g/mol. The molecular formula is C13H17ClFNO. The summed E-state index contributed by atoms with van der Waals surface area (Å²) in [6, 6.07) is 3.97. The Bertz CT molecular complexity index is 408. The first-order chi connectivity index (χ1) is 7.95. The third kappa shape index (κ3) is 3.70. The average Bonchev–Trinajstić information content (AvgIpc) is 2.30. The Morgan fingerprint density at radius 1 is 1.47 bits per heavy atom. The van der Waals surface area contributed by atoms with E-state index in [4.69, 9.17) is 11.6 Å². The molecule has 0 radical (unpaired) electrons. The van der Waals surface area contributed by atoms with Crippen LogP contribution in [0.4, 0.5) is 4.39 Å². The molecule has 1 rings (SSSR count). The molecule has 94 valence electrons. The number of halogens is 2. The van der Waals surface area contributed by atoms with Crippen LogP contribution in [-0.4, -0.2) is 11.9 Å². The van der Waals surface area contributed by atoms with Crippen LogP contribution in [0.25, 0.3) is 0 Å². The molecule has 2 atom stereocenters. The van der Waals surface area contributed by atoms with Crippen LogP contribution < -0.4 is 5.32 Å². The molecule has 17 heavy (non-hydrogen) atoms. The number of hydrogen-bond acceptors (Lipinski definition) is 1. The second kappa shape index (κ2) is 6.01. The van der Waals surface area contributed by atoms with Crippen LogP contribution in [-0.2, 0) is 0 Å². The summed E-state index contributed by atoms with van der Waals surface area (Å²) in [5.41, 5.74) is -0.00680. The molecule has 2 nitrogen and oxygen atoms in total. The Balaban J connectivity index is 2.79. The molecule has 0 aliphatic rings. The summed E-state index contributed by atoms with van der Waals surface area (Å²) in [5, 5.41) is 3.13.